The third-order valence-electron chi connectivity index (χ3n) is 2.67. The molecule has 1 N–H and O–H groups in total. The van der Waals surface area contributed by atoms with Gasteiger partial charge >= 0.3 is 0 Å². The molecule has 0 saturated heterocycles. The third kappa shape index (κ3) is 3.86. The molecule has 0 fully saturated rings. The number of halogens is 1. The van der Waals surface area contributed by atoms with Crippen LogP contribution in [0.2, 0.25) is 0 Å². The predicted octanol–water partition coefficient (Wildman–Crippen LogP) is 2.82. The van der Waals surface area contributed by atoms with Crippen molar-refractivity contribution in [2.75, 3.05) is 6.54 Å². The Labute approximate surface area is 115 Å². The van der Waals surface area contributed by atoms with Gasteiger partial charge in [-0.2, -0.15) is 0 Å². The van der Waals surface area contributed by atoms with Crippen molar-refractivity contribution in [3.63, 3.8) is 0 Å². The summed E-state index contributed by atoms with van der Waals surface area (Å²) in [6.07, 6.45) is 3.05. The summed E-state index contributed by atoms with van der Waals surface area (Å²) in [4.78, 5) is 16.6. The molecular formula is C14H15FN2OS. The Bertz CT molecular complexity index is 568. The largest absolute Gasteiger partial charge is 0.351 e. The molecule has 1 aromatic carbocycles. The van der Waals surface area contributed by atoms with E-state index in [1.54, 1.807) is 12.3 Å². The van der Waals surface area contributed by atoms with Gasteiger partial charge in [0, 0.05) is 6.54 Å². The second-order valence-electron chi connectivity index (χ2n) is 4.11. The highest BCUT2D eigenvalue weighted by atomic mass is 32.1. The zero-order chi connectivity index (χ0) is 13.7. The number of hydrogen-bond donors (Lipinski definition) is 1. The Morgan fingerprint density at radius 2 is 2.32 bits per heavy atom. The lowest BCUT2D eigenvalue weighted by atomic mass is 10.1. The van der Waals surface area contributed by atoms with Gasteiger partial charge in [-0.05, 0) is 30.5 Å². The maximum atomic E-state index is 13.0. The van der Waals surface area contributed by atoms with Crippen LogP contribution in [0.25, 0.3) is 0 Å². The first-order valence-corrected chi connectivity index (χ1v) is 6.98. The topological polar surface area (TPSA) is 42.0 Å². The maximum absolute atomic E-state index is 13.0. The number of amides is 1. The molecule has 5 heteroatoms. The van der Waals surface area contributed by atoms with Crippen molar-refractivity contribution in [2.45, 2.75) is 19.8 Å². The van der Waals surface area contributed by atoms with E-state index >= 15 is 0 Å². The molecule has 0 aliphatic rings. The van der Waals surface area contributed by atoms with E-state index in [0.717, 1.165) is 17.0 Å². The molecule has 0 radical (unpaired) electrons. The summed E-state index contributed by atoms with van der Waals surface area (Å²) in [6.45, 7) is 2.49. The highest BCUT2D eigenvalue weighted by Crippen LogP contribution is 2.13. The van der Waals surface area contributed by atoms with Crippen molar-refractivity contribution in [3.8, 4) is 0 Å². The van der Waals surface area contributed by atoms with E-state index in [4.69, 9.17) is 0 Å². The van der Waals surface area contributed by atoms with Gasteiger partial charge in [0.05, 0.1) is 11.2 Å². The van der Waals surface area contributed by atoms with E-state index < -0.39 is 0 Å². The fraction of sp³-hybridized carbons (Fsp3) is 0.286. The van der Waals surface area contributed by atoms with E-state index in [9.17, 15) is 9.18 Å². The standard InChI is InChI=1S/C14H15FN2OS/c1-2-13-17-9-12(19-13)14(18)16-7-6-10-4-3-5-11(15)8-10/h3-5,8-9H,2,6-7H2,1H3,(H,16,18). The van der Waals surface area contributed by atoms with Crippen LogP contribution in [0.3, 0.4) is 0 Å². The van der Waals surface area contributed by atoms with Gasteiger partial charge in [-0.15, -0.1) is 11.3 Å². The molecule has 0 atom stereocenters. The summed E-state index contributed by atoms with van der Waals surface area (Å²) in [5.74, 6) is -0.368. The lowest BCUT2D eigenvalue weighted by molar-refractivity contribution is 0.0958. The number of nitrogens with zero attached hydrogens (tertiary/aromatic N) is 1. The first-order valence-electron chi connectivity index (χ1n) is 6.16. The van der Waals surface area contributed by atoms with Crippen molar-refractivity contribution in [2.24, 2.45) is 0 Å². The second kappa shape index (κ2) is 6.43. The normalized spacial score (nSPS) is 10.4. The van der Waals surface area contributed by atoms with Crippen LogP contribution >= 0.6 is 11.3 Å². The van der Waals surface area contributed by atoms with Gasteiger partial charge < -0.3 is 5.32 Å². The molecule has 0 bridgehead atoms. The first-order chi connectivity index (χ1) is 9.19. The van der Waals surface area contributed by atoms with Gasteiger partial charge in [0.2, 0.25) is 0 Å². The molecule has 2 aromatic rings. The van der Waals surface area contributed by atoms with Crippen molar-refractivity contribution in [3.05, 3.63) is 51.7 Å². The smallest absolute Gasteiger partial charge is 0.263 e. The average molecular weight is 278 g/mol. The van der Waals surface area contributed by atoms with E-state index in [-0.39, 0.29) is 11.7 Å². The summed E-state index contributed by atoms with van der Waals surface area (Å²) in [7, 11) is 0. The van der Waals surface area contributed by atoms with Gasteiger partial charge in [-0.25, -0.2) is 9.37 Å². The minimum Gasteiger partial charge on any atom is -0.351 e. The monoisotopic (exact) mass is 278 g/mol. The molecule has 0 unspecified atom stereocenters. The molecule has 0 spiro atoms. The minimum atomic E-state index is -0.251. The Balaban J connectivity index is 1.84. The van der Waals surface area contributed by atoms with Crippen LogP contribution < -0.4 is 5.32 Å². The van der Waals surface area contributed by atoms with Crippen LogP contribution in [-0.4, -0.2) is 17.4 Å². The van der Waals surface area contributed by atoms with E-state index in [2.05, 4.69) is 10.3 Å². The van der Waals surface area contributed by atoms with Crippen LogP contribution in [0.4, 0.5) is 4.39 Å². The van der Waals surface area contributed by atoms with Crippen LogP contribution in [-0.2, 0) is 12.8 Å². The van der Waals surface area contributed by atoms with Gasteiger partial charge in [-0.1, -0.05) is 19.1 Å². The number of rotatable bonds is 5. The number of carbonyl (C=O) groups excluding carboxylic acids is 1. The number of aryl methyl sites for hydroxylation is 1. The third-order valence-corrected chi connectivity index (χ3v) is 3.81. The quantitative estimate of drug-likeness (QED) is 0.913. The number of aromatic nitrogens is 1. The Morgan fingerprint density at radius 3 is 3.00 bits per heavy atom. The number of benzene rings is 1. The van der Waals surface area contributed by atoms with E-state index in [1.165, 1.54) is 23.5 Å². The molecule has 1 heterocycles. The molecule has 0 saturated carbocycles. The van der Waals surface area contributed by atoms with Crippen molar-refractivity contribution >= 4 is 17.2 Å². The molecule has 1 amide bonds. The van der Waals surface area contributed by atoms with Crippen LogP contribution in [0.15, 0.2) is 30.5 Å². The Morgan fingerprint density at radius 1 is 1.47 bits per heavy atom. The van der Waals surface area contributed by atoms with Gasteiger partial charge in [0.15, 0.2) is 0 Å². The molecule has 19 heavy (non-hydrogen) atoms. The predicted molar refractivity (Wildman–Crippen MR) is 73.9 cm³/mol. The number of hydrogen-bond acceptors (Lipinski definition) is 3. The summed E-state index contributed by atoms with van der Waals surface area (Å²) in [6, 6.07) is 6.40. The van der Waals surface area contributed by atoms with Crippen molar-refractivity contribution in [1.82, 2.24) is 10.3 Å². The Hall–Kier alpha value is -1.75. The molecule has 2 rings (SSSR count). The van der Waals surface area contributed by atoms with Crippen molar-refractivity contribution in [1.29, 1.82) is 0 Å². The number of thiazole rings is 1. The minimum absolute atomic E-state index is 0.117. The molecule has 0 aliphatic heterocycles. The SMILES string of the molecule is CCc1ncc(C(=O)NCCc2cccc(F)c2)s1. The first kappa shape index (κ1) is 13.7. The van der Waals surface area contributed by atoms with Gasteiger partial charge in [-0.3, -0.25) is 4.79 Å². The Kier molecular flexibility index (Phi) is 4.63. The van der Waals surface area contributed by atoms with E-state index in [1.807, 2.05) is 13.0 Å². The second-order valence-corrected chi connectivity index (χ2v) is 5.22. The van der Waals surface area contributed by atoms with Gasteiger partial charge in [0.25, 0.3) is 5.91 Å². The zero-order valence-electron chi connectivity index (χ0n) is 10.6. The lowest BCUT2D eigenvalue weighted by Gasteiger charge is -2.03. The van der Waals surface area contributed by atoms with Gasteiger partial charge in [0.1, 0.15) is 10.7 Å². The van der Waals surface area contributed by atoms with Crippen LogP contribution in [0, 0.1) is 5.82 Å². The van der Waals surface area contributed by atoms with E-state index in [0.29, 0.717) is 17.8 Å². The summed E-state index contributed by atoms with van der Waals surface area (Å²) in [5.41, 5.74) is 0.874. The molecular weight excluding hydrogens is 263 g/mol. The molecule has 0 aliphatic carbocycles. The molecule has 3 nitrogen and oxygen atoms in total. The summed E-state index contributed by atoms with van der Waals surface area (Å²) >= 11 is 1.41. The zero-order valence-corrected chi connectivity index (χ0v) is 11.5. The maximum Gasteiger partial charge on any atom is 0.263 e. The molecule has 1 aromatic heterocycles. The highest BCUT2D eigenvalue weighted by Gasteiger charge is 2.09. The lowest BCUT2D eigenvalue weighted by Crippen LogP contribution is -2.24. The highest BCUT2D eigenvalue weighted by molar-refractivity contribution is 7.13. The number of nitrogens with one attached hydrogen (secondary N) is 1. The van der Waals surface area contributed by atoms with Crippen LogP contribution in [0.1, 0.15) is 27.2 Å². The van der Waals surface area contributed by atoms with Crippen LogP contribution in [0.5, 0.6) is 0 Å². The molecule has 100 valence electrons. The fourth-order valence-corrected chi connectivity index (χ4v) is 2.45. The average Bonchev–Trinajstić information content (AvgIpc) is 2.87. The fourth-order valence-electron chi connectivity index (χ4n) is 1.68. The summed E-state index contributed by atoms with van der Waals surface area (Å²) in [5, 5.41) is 3.77. The number of carbonyl (C=O) groups is 1. The van der Waals surface area contributed by atoms with Crippen molar-refractivity contribution < 1.29 is 9.18 Å². The summed E-state index contributed by atoms with van der Waals surface area (Å²) < 4.78 is 13.0.